The Hall–Kier alpha value is -3.19. The molecule has 2 N–H and O–H groups in total. The first kappa shape index (κ1) is 14.0. The maximum atomic E-state index is 12.4. The summed E-state index contributed by atoms with van der Waals surface area (Å²) in [7, 11) is 1.48. The van der Waals surface area contributed by atoms with Crippen molar-refractivity contribution in [2.24, 2.45) is 0 Å². The van der Waals surface area contributed by atoms with Crippen LogP contribution >= 0.6 is 11.6 Å². The van der Waals surface area contributed by atoms with E-state index in [2.05, 4.69) is 20.3 Å². The first-order valence-corrected chi connectivity index (χ1v) is 7.86. The van der Waals surface area contributed by atoms with Gasteiger partial charge in [0.05, 0.1) is 24.1 Å². The highest BCUT2D eigenvalue weighted by atomic mass is 35.5. The van der Waals surface area contributed by atoms with Crippen molar-refractivity contribution < 1.29 is 13.6 Å². The molecule has 3 rings (SSSR count). The lowest BCUT2D eigenvalue weighted by atomic mass is 10.1. The van der Waals surface area contributed by atoms with Gasteiger partial charge in [-0.25, -0.2) is 9.97 Å². The van der Waals surface area contributed by atoms with E-state index in [0.717, 1.165) is 0 Å². The van der Waals surface area contributed by atoms with Gasteiger partial charge in [0, 0.05) is 35.2 Å². The SMILES string of the molecule is [2H]C([2H])([2H])NC(=O)c1cnc(Cl)cc1Nc1nccc(-c2ccccn2)c1OC. The van der Waals surface area contributed by atoms with Gasteiger partial charge < -0.3 is 15.4 Å². The zero-order valence-corrected chi connectivity index (χ0v) is 14.4. The van der Waals surface area contributed by atoms with Crippen LogP contribution in [0.1, 0.15) is 14.5 Å². The molecule has 0 radical (unpaired) electrons. The van der Waals surface area contributed by atoms with Crippen molar-refractivity contribution in [2.75, 3.05) is 19.4 Å². The van der Waals surface area contributed by atoms with Crippen LogP contribution in [-0.4, -0.2) is 34.9 Å². The fraction of sp³-hybridized carbons (Fsp3) is 0.111. The maximum Gasteiger partial charge on any atom is 0.254 e. The molecule has 0 spiro atoms. The quantitative estimate of drug-likeness (QED) is 0.668. The number of nitrogens with one attached hydrogen (secondary N) is 2. The van der Waals surface area contributed by atoms with Crippen LogP contribution < -0.4 is 15.4 Å². The number of nitrogens with zero attached hydrogens (tertiary/aromatic N) is 3. The molecule has 3 heterocycles. The van der Waals surface area contributed by atoms with E-state index in [-0.39, 0.29) is 16.4 Å². The van der Waals surface area contributed by atoms with E-state index in [4.69, 9.17) is 20.5 Å². The van der Waals surface area contributed by atoms with Gasteiger partial charge in [-0.1, -0.05) is 17.7 Å². The minimum atomic E-state index is -2.65. The van der Waals surface area contributed by atoms with Gasteiger partial charge in [0.25, 0.3) is 5.91 Å². The monoisotopic (exact) mass is 372 g/mol. The minimum Gasteiger partial charge on any atom is -0.492 e. The molecule has 0 aliphatic carbocycles. The number of halogens is 1. The number of carbonyl (C=O) groups is 1. The summed E-state index contributed by atoms with van der Waals surface area (Å²) >= 11 is 5.97. The number of rotatable bonds is 5. The molecule has 0 unspecified atom stereocenters. The summed E-state index contributed by atoms with van der Waals surface area (Å²) in [5.41, 5.74) is 1.55. The number of hydrogen-bond donors (Lipinski definition) is 2. The normalized spacial score (nSPS) is 12.5. The van der Waals surface area contributed by atoms with Crippen LogP contribution in [0.15, 0.2) is 48.9 Å². The van der Waals surface area contributed by atoms with Gasteiger partial charge in [-0.05, 0) is 24.3 Å². The highest BCUT2D eigenvalue weighted by Gasteiger charge is 2.17. The molecule has 132 valence electrons. The molecule has 0 aliphatic heterocycles. The Labute approximate surface area is 159 Å². The lowest BCUT2D eigenvalue weighted by Gasteiger charge is -2.15. The summed E-state index contributed by atoms with van der Waals surface area (Å²) in [4.78, 5) is 24.8. The van der Waals surface area contributed by atoms with Crippen molar-refractivity contribution in [3.63, 3.8) is 0 Å². The average molecular weight is 373 g/mol. The average Bonchev–Trinajstić information content (AvgIpc) is 2.67. The van der Waals surface area contributed by atoms with Gasteiger partial charge >= 0.3 is 0 Å². The van der Waals surface area contributed by atoms with Crippen LogP contribution in [0.5, 0.6) is 5.75 Å². The first-order chi connectivity index (χ1) is 13.8. The molecular formula is C18H16ClN5O2. The van der Waals surface area contributed by atoms with Crippen molar-refractivity contribution in [2.45, 2.75) is 0 Å². The van der Waals surface area contributed by atoms with Crippen LogP contribution in [-0.2, 0) is 0 Å². The molecule has 1 amide bonds. The Morgan fingerprint density at radius 2 is 2.12 bits per heavy atom. The molecule has 7 nitrogen and oxygen atoms in total. The van der Waals surface area contributed by atoms with Gasteiger partial charge in [0.1, 0.15) is 5.15 Å². The van der Waals surface area contributed by atoms with E-state index in [0.29, 0.717) is 22.8 Å². The van der Waals surface area contributed by atoms with Gasteiger partial charge in [-0.3, -0.25) is 9.78 Å². The Kier molecular flexibility index (Phi) is 4.21. The third-order valence-electron chi connectivity index (χ3n) is 3.53. The third kappa shape index (κ3) is 3.57. The maximum absolute atomic E-state index is 12.4. The van der Waals surface area contributed by atoms with Crippen LogP contribution in [0.2, 0.25) is 5.15 Å². The lowest BCUT2D eigenvalue weighted by molar-refractivity contribution is 0.0963. The predicted molar refractivity (Wildman–Crippen MR) is 99.9 cm³/mol. The summed E-state index contributed by atoms with van der Waals surface area (Å²) in [5, 5.41) is 5.01. The largest absolute Gasteiger partial charge is 0.492 e. The van der Waals surface area contributed by atoms with E-state index < -0.39 is 12.9 Å². The van der Waals surface area contributed by atoms with Crippen molar-refractivity contribution in [3.05, 3.63) is 59.6 Å². The van der Waals surface area contributed by atoms with Gasteiger partial charge in [0.2, 0.25) is 0 Å². The summed E-state index contributed by atoms with van der Waals surface area (Å²) in [5.74, 6) is -0.154. The third-order valence-corrected chi connectivity index (χ3v) is 3.74. The van der Waals surface area contributed by atoms with Crippen molar-refractivity contribution >= 4 is 29.0 Å². The predicted octanol–water partition coefficient (Wildman–Crippen LogP) is 3.30. The molecule has 0 saturated carbocycles. The second-order valence-electron chi connectivity index (χ2n) is 5.09. The number of aromatic nitrogens is 3. The molecule has 0 atom stereocenters. The Morgan fingerprint density at radius 3 is 2.85 bits per heavy atom. The van der Waals surface area contributed by atoms with E-state index in [1.807, 2.05) is 17.4 Å². The van der Waals surface area contributed by atoms with E-state index in [1.54, 1.807) is 24.5 Å². The molecule has 0 aliphatic rings. The molecule has 0 bridgehead atoms. The number of ether oxygens (including phenoxy) is 1. The van der Waals surface area contributed by atoms with Crippen LogP contribution in [0, 0.1) is 0 Å². The van der Waals surface area contributed by atoms with Crippen LogP contribution in [0.3, 0.4) is 0 Å². The lowest BCUT2D eigenvalue weighted by Crippen LogP contribution is -2.19. The second kappa shape index (κ2) is 7.79. The standard InChI is InChI=1S/C18H16ClN5O2/c1-20-18(25)12-10-23-15(19)9-14(12)24-17-16(26-2)11(6-8-22-17)13-5-3-4-7-21-13/h3-10H,1-2H3,(H,20,25)(H,22,23,24)/i1D3. The Balaban J connectivity index is 2.03. The fourth-order valence-corrected chi connectivity index (χ4v) is 2.53. The molecular weight excluding hydrogens is 354 g/mol. The number of hydrogen-bond acceptors (Lipinski definition) is 6. The summed E-state index contributed by atoms with van der Waals surface area (Å²) < 4.78 is 27.2. The highest BCUT2D eigenvalue weighted by molar-refractivity contribution is 6.29. The number of carbonyl (C=O) groups excluding carboxylic acids is 1. The Morgan fingerprint density at radius 1 is 1.23 bits per heavy atom. The number of pyridine rings is 3. The molecule has 0 saturated heterocycles. The van der Waals surface area contributed by atoms with E-state index in [9.17, 15) is 4.79 Å². The number of amides is 1. The van der Waals surface area contributed by atoms with Crippen molar-refractivity contribution in [3.8, 4) is 17.0 Å². The topological polar surface area (TPSA) is 89.0 Å². The van der Waals surface area contributed by atoms with Gasteiger partial charge in [0.15, 0.2) is 11.6 Å². The van der Waals surface area contributed by atoms with Gasteiger partial charge in [-0.2, -0.15) is 0 Å². The Bertz CT molecular complexity index is 1030. The number of methoxy groups -OCH3 is 1. The fourth-order valence-electron chi connectivity index (χ4n) is 2.38. The van der Waals surface area contributed by atoms with E-state index in [1.165, 1.54) is 19.4 Å². The second-order valence-corrected chi connectivity index (χ2v) is 5.47. The summed E-state index contributed by atoms with van der Waals surface area (Å²) in [6, 6.07) is 8.60. The molecule has 0 aromatic carbocycles. The minimum absolute atomic E-state index is 0.0161. The van der Waals surface area contributed by atoms with Crippen molar-refractivity contribution in [1.82, 2.24) is 20.3 Å². The smallest absolute Gasteiger partial charge is 0.254 e. The van der Waals surface area contributed by atoms with Crippen molar-refractivity contribution in [1.29, 1.82) is 0 Å². The van der Waals surface area contributed by atoms with Crippen LogP contribution in [0.25, 0.3) is 11.3 Å². The van der Waals surface area contributed by atoms with E-state index >= 15 is 0 Å². The first-order valence-electron chi connectivity index (χ1n) is 8.98. The molecule has 8 heteroatoms. The summed E-state index contributed by atoms with van der Waals surface area (Å²) in [6.07, 6.45) is 4.39. The molecule has 3 aromatic rings. The molecule has 3 aromatic heterocycles. The van der Waals surface area contributed by atoms with Gasteiger partial charge in [-0.15, -0.1) is 0 Å². The number of anilines is 2. The highest BCUT2D eigenvalue weighted by Crippen LogP contribution is 2.36. The zero-order valence-electron chi connectivity index (χ0n) is 16.7. The molecule has 0 fully saturated rings. The van der Waals surface area contributed by atoms with Crippen LogP contribution in [0.4, 0.5) is 11.5 Å². The zero-order chi connectivity index (χ0) is 21.0. The summed E-state index contributed by atoms with van der Waals surface area (Å²) in [6.45, 7) is -2.65. The molecule has 26 heavy (non-hydrogen) atoms.